The van der Waals surface area contributed by atoms with Crippen molar-refractivity contribution in [2.24, 2.45) is 0 Å². The highest BCUT2D eigenvalue weighted by Crippen LogP contribution is 2.28. The van der Waals surface area contributed by atoms with Crippen molar-refractivity contribution in [1.82, 2.24) is 10.2 Å². The summed E-state index contributed by atoms with van der Waals surface area (Å²) < 4.78 is 0. The fourth-order valence-corrected chi connectivity index (χ4v) is 3.38. The average Bonchev–Trinajstić information content (AvgIpc) is 3.32. The van der Waals surface area contributed by atoms with Gasteiger partial charge in [0.05, 0.1) is 22.7 Å². The summed E-state index contributed by atoms with van der Waals surface area (Å²) in [6.07, 6.45) is 4.05. The van der Waals surface area contributed by atoms with Crippen molar-refractivity contribution in [3.63, 3.8) is 0 Å². The molecular formula is C17H22N4O4. The number of hydrogen-bond donors (Lipinski definition) is 1. The van der Waals surface area contributed by atoms with Gasteiger partial charge in [-0.15, -0.1) is 0 Å². The number of hydrogen-bond acceptors (Lipinski definition) is 5. The standard InChI is InChI=1S/C17H22N4O4/c22-16(20-9-3-4-10-20)12-18-17(23)14-11-13(21(24)25)5-6-15(14)19-7-1-2-8-19/h5-6,11H,1-4,7-10,12H2,(H,18,23). The smallest absolute Gasteiger partial charge is 0.270 e. The predicted molar refractivity (Wildman–Crippen MR) is 92.7 cm³/mol. The number of likely N-dealkylation sites (tertiary alicyclic amines) is 1. The van der Waals surface area contributed by atoms with Crippen molar-refractivity contribution in [3.8, 4) is 0 Å². The molecule has 8 heteroatoms. The van der Waals surface area contributed by atoms with Gasteiger partial charge in [-0.1, -0.05) is 0 Å². The molecule has 1 N–H and O–H groups in total. The van der Waals surface area contributed by atoms with Gasteiger partial charge >= 0.3 is 0 Å². The number of nitrogens with zero attached hydrogens (tertiary/aromatic N) is 3. The first-order chi connectivity index (χ1) is 12.1. The van der Waals surface area contributed by atoms with Crippen molar-refractivity contribution in [1.29, 1.82) is 0 Å². The third-order valence-electron chi connectivity index (χ3n) is 4.74. The predicted octanol–water partition coefficient (Wildman–Crippen LogP) is 1.55. The monoisotopic (exact) mass is 346 g/mol. The van der Waals surface area contributed by atoms with Gasteiger partial charge in [0.2, 0.25) is 5.91 Å². The van der Waals surface area contributed by atoms with Gasteiger partial charge in [0.25, 0.3) is 11.6 Å². The Kier molecular flexibility index (Phi) is 5.16. The van der Waals surface area contributed by atoms with Gasteiger partial charge in [0.1, 0.15) is 0 Å². The van der Waals surface area contributed by atoms with Crippen LogP contribution >= 0.6 is 0 Å². The quantitative estimate of drug-likeness (QED) is 0.644. The van der Waals surface area contributed by atoms with Crippen LogP contribution in [0.25, 0.3) is 0 Å². The van der Waals surface area contributed by atoms with Crippen LogP contribution in [0.4, 0.5) is 11.4 Å². The van der Waals surface area contributed by atoms with E-state index in [-0.39, 0.29) is 23.7 Å². The zero-order chi connectivity index (χ0) is 17.8. The summed E-state index contributed by atoms with van der Waals surface area (Å²) in [6, 6.07) is 4.34. The van der Waals surface area contributed by atoms with Crippen molar-refractivity contribution in [3.05, 3.63) is 33.9 Å². The number of amides is 2. The summed E-state index contributed by atoms with van der Waals surface area (Å²) in [7, 11) is 0. The largest absolute Gasteiger partial charge is 0.371 e. The lowest BCUT2D eigenvalue weighted by molar-refractivity contribution is -0.384. The van der Waals surface area contributed by atoms with Crippen molar-refractivity contribution < 1.29 is 14.5 Å². The average molecular weight is 346 g/mol. The summed E-state index contributed by atoms with van der Waals surface area (Å²) in [5, 5.41) is 13.7. The molecule has 0 aromatic heterocycles. The molecule has 2 heterocycles. The highest BCUT2D eigenvalue weighted by Gasteiger charge is 2.24. The molecule has 134 valence electrons. The zero-order valence-corrected chi connectivity index (χ0v) is 14.1. The minimum Gasteiger partial charge on any atom is -0.371 e. The summed E-state index contributed by atoms with van der Waals surface area (Å²) >= 11 is 0. The molecule has 0 spiro atoms. The molecule has 0 bridgehead atoms. The van der Waals surface area contributed by atoms with E-state index in [4.69, 9.17) is 0 Å². The van der Waals surface area contributed by atoms with Gasteiger partial charge in [-0.2, -0.15) is 0 Å². The summed E-state index contributed by atoms with van der Waals surface area (Å²) in [4.78, 5) is 39.0. The molecule has 0 aliphatic carbocycles. The van der Waals surface area contributed by atoms with E-state index in [0.717, 1.165) is 51.9 Å². The maximum Gasteiger partial charge on any atom is 0.270 e. The van der Waals surface area contributed by atoms with Gasteiger partial charge in [0.15, 0.2) is 0 Å². The third kappa shape index (κ3) is 3.89. The van der Waals surface area contributed by atoms with Crippen molar-refractivity contribution in [2.45, 2.75) is 25.7 Å². The molecular weight excluding hydrogens is 324 g/mol. The number of anilines is 1. The van der Waals surface area contributed by atoms with E-state index in [1.54, 1.807) is 11.0 Å². The summed E-state index contributed by atoms with van der Waals surface area (Å²) in [5.74, 6) is -0.558. The molecule has 2 fully saturated rings. The first-order valence-corrected chi connectivity index (χ1v) is 8.65. The molecule has 2 aliphatic heterocycles. The molecule has 2 amide bonds. The normalized spacial score (nSPS) is 17.0. The zero-order valence-electron chi connectivity index (χ0n) is 14.1. The molecule has 2 saturated heterocycles. The number of carbonyl (C=O) groups excluding carboxylic acids is 2. The van der Waals surface area contributed by atoms with Gasteiger partial charge in [-0.05, 0) is 31.7 Å². The van der Waals surface area contributed by atoms with E-state index >= 15 is 0 Å². The van der Waals surface area contributed by atoms with Gasteiger partial charge in [0, 0.05) is 38.3 Å². The number of nitro benzene ring substituents is 1. The Morgan fingerprint density at radius 1 is 1.08 bits per heavy atom. The van der Waals surface area contributed by atoms with Gasteiger partial charge in [-0.25, -0.2) is 0 Å². The number of carbonyl (C=O) groups is 2. The lowest BCUT2D eigenvalue weighted by Crippen LogP contribution is -2.39. The Morgan fingerprint density at radius 2 is 1.72 bits per heavy atom. The number of benzene rings is 1. The van der Waals surface area contributed by atoms with Crippen LogP contribution in [0, 0.1) is 10.1 Å². The van der Waals surface area contributed by atoms with Crippen LogP contribution in [0.2, 0.25) is 0 Å². The Balaban J connectivity index is 1.75. The minimum atomic E-state index is -0.514. The van der Waals surface area contributed by atoms with Crippen LogP contribution in [0.15, 0.2) is 18.2 Å². The third-order valence-corrected chi connectivity index (χ3v) is 4.74. The SMILES string of the molecule is O=C(NCC(=O)N1CCCC1)c1cc([N+](=O)[O-])ccc1N1CCCC1. The first kappa shape index (κ1) is 17.2. The second-order valence-electron chi connectivity index (χ2n) is 6.42. The van der Waals surface area contributed by atoms with E-state index < -0.39 is 10.8 Å². The van der Waals surface area contributed by atoms with Crippen LogP contribution in [0.3, 0.4) is 0 Å². The topological polar surface area (TPSA) is 95.8 Å². The maximum absolute atomic E-state index is 12.6. The number of nitrogens with one attached hydrogen (secondary N) is 1. The number of non-ortho nitro benzene ring substituents is 1. The van der Waals surface area contributed by atoms with Gasteiger partial charge < -0.3 is 15.1 Å². The molecule has 0 atom stereocenters. The summed E-state index contributed by atoms with van der Waals surface area (Å²) in [6.45, 7) is 3.02. The second kappa shape index (κ2) is 7.50. The van der Waals surface area contributed by atoms with Crippen LogP contribution in [-0.4, -0.2) is 54.4 Å². The molecule has 2 aliphatic rings. The maximum atomic E-state index is 12.6. The molecule has 1 aromatic rings. The second-order valence-corrected chi connectivity index (χ2v) is 6.42. The highest BCUT2D eigenvalue weighted by molar-refractivity contribution is 6.02. The molecule has 8 nitrogen and oxygen atoms in total. The molecule has 3 rings (SSSR count). The molecule has 0 unspecified atom stereocenters. The Bertz CT molecular complexity index is 679. The highest BCUT2D eigenvalue weighted by atomic mass is 16.6. The Hall–Kier alpha value is -2.64. The fourth-order valence-electron chi connectivity index (χ4n) is 3.38. The van der Waals surface area contributed by atoms with Crippen molar-refractivity contribution in [2.75, 3.05) is 37.6 Å². The van der Waals surface area contributed by atoms with E-state index in [1.165, 1.54) is 12.1 Å². The van der Waals surface area contributed by atoms with E-state index in [9.17, 15) is 19.7 Å². The first-order valence-electron chi connectivity index (χ1n) is 8.65. The number of rotatable bonds is 5. The van der Waals surface area contributed by atoms with E-state index in [1.807, 2.05) is 0 Å². The minimum absolute atomic E-state index is 0.0824. The van der Waals surface area contributed by atoms with Crippen LogP contribution < -0.4 is 10.2 Å². The molecule has 0 saturated carbocycles. The van der Waals surface area contributed by atoms with E-state index in [2.05, 4.69) is 10.2 Å². The molecule has 1 aromatic carbocycles. The lowest BCUT2D eigenvalue weighted by Gasteiger charge is -2.21. The van der Waals surface area contributed by atoms with Crippen LogP contribution in [0.1, 0.15) is 36.0 Å². The fraction of sp³-hybridized carbons (Fsp3) is 0.529. The number of nitro groups is 1. The Morgan fingerprint density at radius 3 is 2.36 bits per heavy atom. The Labute approximate surface area is 145 Å². The molecule has 0 radical (unpaired) electrons. The summed E-state index contributed by atoms with van der Waals surface area (Å²) in [5.41, 5.74) is 0.818. The molecule has 25 heavy (non-hydrogen) atoms. The van der Waals surface area contributed by atoms with E-state index in [0.29, 0.717) is 5.69 Å². The van der Waals surface area contributed by atoms with Crippen LogP contribution in [-0.2, 0) is 4.79 Å². The van der Waals surface area contributed by atoms with Gasteiger partial charge in [-0.3, -0.25) is 19.7 Å². The van der Waals surface area contributed by atoms with Crippen molar-refractivity contribution >= 4 is 23.2 Å². The lowest BCUT2D eigenvalue weighted by atomic mass is 10.1. The van der Waals surface area contributed by atoms with Crippen LogP contribution in [0.5, 0.6) is 0 Å².